The Bertz CT molecular complexity index is 462. The Morgan fingerprint density at radius 2 is 2.24 bits per heavy atom. The van der Waals surface area contributed by atoms with Gasteiger partial charge < -0.3 is 4.74 Å². The molecule has 1 aliphatic rings. The van der Waals surface area contributed by atoms with Crippen molar-refractivity contribution in [3.05, 3.63) is 33.9 Å². The molecular formula is C11H11Cl2NO3. The van der Waals surface area contributed by atoms with E-state index >= 15 is 0 Å². The molecule has 6 heteroatoms. The lowest BCUT2D eigenvalue weighted by atomic mass is 10.1. The minimum atomic E-state index is -0.714. The van der Waals surface area contributed by atoms with Crippen LogP contribution in [0.1, 0.15) is 12.0 Å². The lowest BCUT2D eigenvalue weighted by molar-refractivity contribution is -0.385. The lowest BCUT2D eigenvalue weighted by Crippen LogP contribution is -2.00. The lowest BCUT2D eigenvalue weighted by Gasteiger charge is -2.05. The molecule has 0 aromatic heterocycles. The molecule has 0 amide bonds. The maximum Gasteiger partial charge on any atom is 0.276 e. The first kappa shape index (κ1) is 12.5. The van der Waals surface area contributed by atoms with Gasteiger partial charge >= 0.3 is 0 Å². The van der Waals surface area contributed by atoms with E-state index in [1.165, 1.54) is 13.2 Å². The molecule has 92 valence electrons. The average molecular weight is 276 g/mol. The second kappa shape index (κ2) is 4.35. The van der Waals surface area contributed by atoms with E-state index in [1.54, 1.807) is 12.1 Å². The molecule has 1 unspecified atom stereocenters. The Labute approximate surface area is 109 Å². The summed E-state index contributed by atoms with van der Waals surface area (Å²) in [5, 5.41) is 10.9. The molecular weight excluding hydrogens is 265 g/mol. The van der Waals surface area contributed by atoms with Crippen LogP contribution in [0.2, 0.25) is 0 Å². The van der Waals surface area contributed by atoms with Crippen molar-refractivity contribution < 1.29 is 9.66 Å². The van der Waals surface area contributed by atoms with E-state index in [-0.39, 0.29) is 11.6 Å². The Kier molecular flexibility index (Phi) is 3.19. The Morgan fingerprint density at radius 1 is 1.59 bits per heavy atom. The Hall–Kier alpha value is -1.00. The standard InChI is InChI=1S/C11H11Cl2NO3/c1-17-9-3-2-7(10(5-9)14(15)16)4-8-6-11(8,12)13/h2-3,5,8H,4,6H2,1H3. The van der Waals surface area contributed by atoms with Crippen molar-refractivity contribution in [1.29, 1.82) is 0 Å². The van der Waals surface area contributed by atoms with Crippen molar-refractivity contribution >= 4 is 28.9 Å². The van der Waals surface area contributed by atoms with Gasteiger partial charge in [-0.2, -0.15) is 0 Å². The van der Waals surface area contributed by atoms with Gasteiger partial charge in [-0.25, -0.2) is 0 Å². The van der Waals surface area contributed by atoms with E-state index in [9.17, 15) is 10.1 Å². The Balaban J connectivity index is 2.24. The first-order valence-electron chi connectivity index (χ1n) is 5.13. The van der Waals surface area contributed by atoms with Gasteiger partial charge in [-0.15, -0.1) is 23.2 Å². The maximum atomic E-state index is 10.9. The fourth-order valence-corrected chi connectivity index (χ4v) is 2.30. The zero-order valence-corrected chi connectivity index (χ0v) is 10.7. The summed E-state index contributed by atoms with van der Waals surface area (Å²) in [5.74, 6) is 0.567. The van der Waals surface area contributed by atoms with Crippen LogP contribution in [0.25, 0.3) is 0 Å². The number of nitro groups is 1. The third-order valence-corrected chi connectivity index (χ3v) is 3.84. The summed E-state index contributed by atoms with van der Waals surface area (Å²) in [5.41, 5.74) is 0.698. The minimum Gasteiger partial charge on any atom is -0.497 e. The van der Waals surface area contributed by atoms with Crippen LogP contribution in [0.4, 0.5) is 5.69 Å². The van der Waals surface area contributed by atoms with Crippen molar-refractivity contribution in [2.45, 2.75) is 17.2 Å². The van der Waals surface area contributed by atoms with Crippen molar-refractivity contribution in [3.63, 3.8) is 0 Å². The number of alkyl halides is 2. The molecule has 1 fully saturated rings. The van der Waals surface area contributed by atoms with E-state index < -0.39 is 9.26 Å². The fraction of sp³-hybridized carbons (Fsp3) is 0.455. The Morgan fingerprint density at radius 3 is 2.71 bits per heavy atom. The number of hydrogen-bond acceptors (Lipinski definition) is 3. The maximum absolute atomic E-state index is 10.9. The number of benzene rings is 1. The van der Waals surface area contributed by atoms with Gasteiger partial charge in [0.25, 0.3) is 5.69 Å². The third-order valence-electron chi connectivity index (χ3n) is 2.91. The number of ether oxygens (including phenoxy) is 1. The minimum absolute atomic E-state index is 0.0559. The van der Waals surface area contributed by atoms with Gasteiger partial charge in [0.2, 0.25) is 0 Å². The number of halogens is 2. The summed E-state index contributed by atoms with van der Waals surface area (Å²) in [6.45, 7) is 0. The number of methoxy groups -OCH3 is 1. The highest BCUT2D eigenvalue weighted by atomic mass is 35.5. The van der Waals surface area contributed by atoms with Crippen LogP contribution in [0, 0.1) is 16.0 Å². The zero-order valence-electron chi connectivity index (χ0n) is 9.15. The van der Waals surface area contributed by atoms with Crippen molar-refractivity contribution in [2.75, 3.05) is 7.11 Å². The fourth-order valence-electron chi connectivity index (χ4n) is 1.77. The summed E-state index contributed by atoms with van der Waals surface area (Å²) < 4.78 is 4.25. The van der Waals surface area contributed by atoms with Gasteiger partial charge in [-0.1, -0.05) is 0 Å². The quantitative estimate of drug-likeness (QED) is 0.481. The van der Waals surface area contributed by atoms with Crippen molar-refractivity contribution in [3.8, 4) is 5.75 Å². The zero-order chi connectivity index (χ0) is 12.6. The van der Waals surface area contributed by atoms with Gasteiger partial charge in [0.05, 0.1) is 18.1 Å². The van der Waals surface area contributed by atoms with Gasteiger partial charge in [-0.05, 0) is 30.9 Å². The largest absolute Gasteiger partial charge is 0.497 e. The highest BCUT2D eigenvalue weighted by molar-refractivity contribution is 6.50. The van der Waals surface area contributed by atoms with E-state index in [2.05, 4.69) is 0 Å². The molecule has 0 N–H and O–H groups in total. The topological polar surface area (TPSA) is 52.4 Å². The second-order valence-electron chi connectivity index (χ2n) is 4.12. The predicted molar refractivity (Wildman–Crippen MR) is 65.9 cm³/mol. The molecule has 0 bridgehead atoms. The summed E-state index contributed by atoms with van der Waals surface area (Å²) in [6, 6.07) is 4.82. The van der Waals surface area contributed by atoms with Crippen LogP contribution < -0.4 is 4.74 Å². The molecule has 1 aromatic carbocycles. The predicted octanol–water partition coefficient (Wildman–Crippen LogP) is 3.34. The molecule has 1 saturated carbocycles. The van der Waals surface area contributed by atoms with E-state index in [1.807, 2.05) is 0 Å². The van der Waals surface area contributed by atoms with Gasteiger partial charge in [-0.3, -0.25) is 10.1 Å². The van der Waals surface area contributed by atoms with Crippen LogP contribution >= 0.6 is 23.2 Å². The van der Waals surface area contributed by atoms with Crippen LogP contribution in [0.3, 0.4) is 0 Å². The van der Waals surface area contributed by atoms with Gasteiger partial charge in [0, 0.05) is 5.56 Å². The first-order chi connectivity index (χ1) is 7.94. The normalized spacial score (nSPS) is 21.0. The molecule has 0 saturated heterocycles. The average Bonchev–Trinajstić information content (AvgIpc) is 2.86. The first-order valence-corrected chi connectivity index (χ1v) is 5.89. The van der Waals surface area contributed by atoms with Crippen molar-refractivity contribution in [2.24, 2.45) is 5.92 Å². The summed E-state index contributed by atoms with van der Waals surface area (Å²) >= 11 is 11.8. The molecule has 1 atom stereocenters. The number of hydrogen-bond donors (Lipinski definition) is 0. The third kappa shape index (κ3) is 2.64. The second-order valence-corrected chi connectivity index (χ2v) is 5.66. The number of rotatable bonds is 4. The monoisotopic (exact) mass is 275 g/mol. The molecule has 0 heterocycles. The summed E-state index contributed by atoms with van der Waals surface area (Å²) in [6.07, 6.45) is 1.20. The summed E-state index contributed by atoms with van der Waals surface area (Å²) in [7, 11) is 1.47. The van der Waals surface area contributed by atoms with Gasteiger partial charge in [0.1, 0.15) is 10.1 Å². The van der Waals surface area contributed by atoms with Crippen molar-refractivity contribution in [1.82, 2.24) is 0 Å². The van der Waals surface area contributed by atoms with Gasteiger partial charge in [0.15, 0.2) is 0 Å². The van der Waals surface area contributed by atoms with Crippen LogP contribution in [-0.4, -0.2) is 16.4 Å². The molecule has 0 radical (unpaired) electrons. The molecule has 0 aliphatic heterocycles. The molecule has 17 heavy (non-hydrogen) atoms. The summed E-state index contributed by atoms with van der Waals surface area (Å²) in [4.78, 5) is 10.5. The number of nitro benzene ring substituents is 1. The molecule has 1 aromatic rings. The van der Waals surface area contributed by atoms with Crippen LogP contribution in [-0.2, 0) is 6.42 Å². The smallest absolute Gasteiger partial charge is 0.276 e. The molecule has 2 rings (SSSR count). The highest BCUT2D eigenvalue weighted by Gasteiger charge is 2.51. The molecule has 1 aliphatic carbocycles. The highest BCUT2D eigenvalue weighted by Crippen LogP contribution is 2.55. The molecule has 0 spiro atoms. The van der Waals surface area contributed by atoms with E-state index in [0.29, 0.717) is 24.2 Å². The molecule has 4 nitrogen and oxygen atoms in total. The number of nitrogens with zero attached hydrogens (tertiary/aromatic N) is 1. The van der Waals surface area contributed by atoms with Crippen LogP contribution in [0.15, 0.2) is 18.2 Å². The SMILES string of the molecule is COc1ccc(CC2CC2(Cl)Cl)c([N+](=O)[O-])c1. The van der Waals surface area contributed by atoms with Crippen LogP contribution in [0.5, 0.6) is 5.75 Å². The van der Waals surface area contributed by atoms with E-state index in [4.69, 9.17) is 27.9 Å². The van der Waals surface area contributed by atoms with E-state index in [0.717, 1.165) is 0 Å².